The third-order valence-electron chi connectivity index (χ3n) is 4.47. The van der Waals surface area contributed by atoms with Crippen molar-refractivity contribution in [2.45, 2.75) is 43.9 Å². The number of hydrogen-bond acceptors (Lipinski definition) is 4. The predicted octanol–water partition coefficient (Wildman–Crippen LogP) is 2.84. The normalized spacial score (nSPS) is 23.4. The van der Waals surface area contributed by atoms with Gasteiger partial charge in [0.1, 0.15) is 0 Å². The molecule has 0 N–H and O–H groups in total. The summed E-state index contributed by atoms with van der Waals surface area (Å²) in [6, 6.07) is 8.21. The maximum absolute atomic E-state index is 10.9. The van der Waals surface area contributed by atoms with Crippen molar-refractivity contribution >= 4 is 6.08 Å². The average molecular weight is 273 g/mol. The number of benzene rings is 1. The van der Waals surface area contributed by atoms with Gasteiger partial charge >= 0.3 is 0 Å². The van der Waals surface area contributed by atoms with Crippen molar-refractivity contribution in [2.24, 2.45) is 4.99 Å². The molecule has 1 aromatic carbocycles. The molecule has 0 aromatic heterocycles. The van der Waals surface area contributed by atoms with E-state index in [9.17, 15) is 4.79 Å². The Balaban J connectivity index is 1.89. The van der Waals surface area contributed by atoms with Gasteiger partial charge in [-0.05, 0) is 25.3 Å². The van der Waals surface area contributed by atoms with Crippen LogP contribution in [0.5, 0.6) is 0 Å². The highest BCUT2D eigenvalue weighted by atomic mass is 16.7. The van der Waals surface area contributed by atoms with Crippen molar-refractivity contribution < 1.29 is 14.3 Å². The lowest BCUT2D eigenvalue weighted by atomic mass is 9.74. The summed E-state index contributed by atoms with van der Waals surface area (Å²) in [5.41, 5.74) is 1.80. The summed E-state index contributed by atoms with van der Waals surface area (Å²) in [6.07, 6.45) is 4.82. The first-order valence-corrected chi connectivity index (χ1v) is 7.12. The van der Waals surface area contributed by atoms with Crippen molar-refractivity contribution in [1.29, 1.82) is 0 Å². The van der Waals surface area contributed by atoms with Gasteiger partial charge in [0.2, 0.25) is 6.08 Å². The van der Waals surface area contributed by atoms with E-state index in [0.29, 0.717) is 13.2 Å². The summed E-state index contributed by atoms with van der Waals surface area (Å²) in [7, 11) is 0. The third kappa shape index (κ3) is 2.31. The second-order valence-electron chi connectivity index (χ2n) is 5.71. The first-order valence-electron chi connectivity index (χ1n) is 7.12. The Kier molecular flexibility index (Phi) is 3.47. The minimum absolute atomic E-state index is 0.439. The predicted molar refractivity (Wildman–Crippen MR) is 74.1 cm³/mol. The molecule has 3 rings (SSSR count). The van der Waals surface area contributed by atoms with Gasteiger partial charge in [-0.1, -0.05) is 29.8 Å². The Morgan fingerprint density at radius 2 is 1.85 bits per heavy atom. The van der Waals surface area contributed by atoms with Gasteiger partial charge in [0.05, 0.1) is 18.8 Å². The van der Waals surface area contributed by atoms with Crippen molar-refractivity contribution in [1.82, 2.24) is 0 Å². The molecule has 2 fully saturated rings. The van der Waals surface area contributed by atoms with Crippen molar-refractivity contribution in [2.75, 3.05) is 13.2 Å². The van der Waals surface area contributed by atoms with Crippen LogP contribution in [0, 0.1) is 6.92 Å². The number of aliphatic imine (C=N–C) groups is 1. The van der Waals surface area contributed by atoms with Crippen LogP contribution in [0.3, 0.4) is 0 Å². The van der Waals surface area contributed by atoms with Gasteiger partial charge in [0, 0.05) is 12.8 Å². The maximum Gasteiger partial charge on any atom is 0.235 e. The molecule has 4 nitrogen and oxygen atoms in total. The molecule has 0 radical (unpaired) electrons. The highest BCUT2D eigenvalue weighted by Gasteiger charge is 2.47. The molecule has 106 valence electrons. The molecule has 1 heterocycles. The van der Waals surface area contributed by atoms with Crippen LogP contribution in [-0.4, -0.2) is 25.1 Å². The number of hydrogen-bond donors (Lipinski definition) is 0. The van der Waals surface area contributed by atoms with E-state index < -0.39 is 11.3 Å². The SMILES string of the molecule is Cc1cccc(C2(N=C=O)CCC3(CC2)OCCO3)c1. The van der Waals surface area contributed by atoms with Crippen LogP contribution >= 0.6 is 0 Å². The second-order valence-corrected chi connectivity index (χ2v) is 5.71. The zero-order valence-corrected chi connectivity index (χ0v) is 11.7. The molecule has 1 aliphatic heterocycles. The molecule has 0 unspecified atom stereocenters. The van der Waals surface area contributed by atoms with Crippen LogP contribution in [0.25, 0.3) is 0 Å². The van der Waals surface area contributed by atoms with Gasteiger partial charge in [-0.3, -0.25) is 0 Å². The Morgan fingerprint density at radius 1 is 1.15 bits per heavy atom. The minimum atomic E-state index is -0.464. The average Bonchev–Trinajstić information content (AvgIpc) is 2.91. The van der Waals surface area contributed by atoms with E-state index in [1.54, 1.807) is 6.08 Å². The van der Waals surface area contributed by atoms with Gasteiger partial charge in [-0.25, -0.2) is 4.79 Å². The largest absolute Gasteiger partial charge is 0.348 e. The number of aryl methyl sites for hydroxylation is 1. The van der Waals surface area contributed by atoms with Crippen LogP contribution < -0.4 is 0 Å². The molecule has 1 aromatic rings. The fourth-order valence-electron chi connectivity index (χ4n) is 3.32. The number of isocyanates is 1. The van der Waals surface area contributed by atoms with Crippen molar-refractivity contribution in [3.8, 4) is 0 Å². The Hall–Kier alpha value is -1.48. The smallest absolute Gasteiger partial charge is 0.235 e. The summed E-state index contributed by atoms with van der Waals surface area (Å²) in [4.78, 5) is 15.1. The zero-order valence-electron chi connectivity index (χ0n) is 11.7. The third-order valence-corrected chi connectivity index (χ3v) is 4.47. The lowest BCUT2D eigenvalue weighted by Crippen LogP contribution is -2.41. The summed E-state index contributed by atoms with van der Waals surface area (Å²) in [5, 5.41) is 0. The van der Waals surface area contributed by atoms with Crippen LogP contribution in [0.15, 0.2) is 29.3 Å². The topological polar surface area (TPSA) is 47.9 Å². The first kappa shape index (κ1) is 13.5. The van der Waals surface area contributed by atoms with E-state index in [0.717, 1.165) is 31.2 Å². The number of nitrogens with zero attached hydrogens (tertiary/aromatic N) is 1. The lowest BCUT2D eigenvalue weighted by molar-refractivity contribution is -0.184. The Bertz CT molecular complexity index is 532. The molecule has 1 aliphatic carbocycles. The summed E-state index contributed by atoms with van der Waals surface area (Å²) in [6.45, 7) is 3.37. The van der Waals surface area contributed by atoms with E-state index in [4.69, 9.17) is 9.47 Å². The van der Waals surface area contributed by atoms with Gasteiger partial charge in [0.15, 0.2) is 5.79 Å². The molecular formula is C16H19NO3. The zero-order chi connectivity index (χ0) is 14.1. The fraction of sp³-hybridized carbons (Fsp3) is 0.562. The molecule has 0 amide bonds. The van der Waals surface area contributed by atoms with Crippen molar-refractivity contribution in [3.05, 3.63) is 35.4 Å². The van der Waals surface area contributed by atoms with E-state index in [1.807, 2.05) is 12.1 Å². The molecule has 1 spiro atoms. The molecule has 2 aliphatic rings. The van der Waals surface area contributed by atoms with Gasteiger partial charge in [-0.15, -0.1) is 0 Å². The molecular weight excluding hydrogens is 254 g/mol. The van der Waals surface area contributed by atoms with Crippen molar-refractivity contribution in [3.63, 3.8) is 0 Å². The molecule has 20 heavy (non-hydrogen) atoms. The Labute approximate surface area is 118 Å². The number of ether oxygens (including phenoxy) is 2. The molecule has 1 saturated carbocycles. The quantitative estimate of drug-likeness (QED) is 0.615. The van der Waals surface area contributed by atoms with Crippen LogP contribution in [0.1, 0.15) is 36.8 Å². The lowest BCUT2D eigenvalue weighted by Gasteiger charge is -2.40. The Morgan fingerprint density at radius 3 is 2.45 bits per heavy atom. The molecule has 0 bridgehead atoms. The number of rotatable bonds is 2. The van der Waals surface area contributed by atoms with Gasteiger partial charge < -0.3 is 9.47 Å². The van der Waals surface area contributed by atoms with Crippen LogP contribution in [-0.2, 0) is 19.8 Å². The van der Waals surface area contributed by atoms with E-state index in [1.165, 1.54) is 5.56 Å². The first-order chi connectivity index (χ1) is 9.68. The fourth-order valence-corrected chi connectivity index (χ4v) is 3.32. The van der Waals surface area contributed by atoms with E-state index in [-0.39, 0.29) is 0 Å². The molecule has 0 atom stereocenters. The molecule has 4 heteroatoms. The summed E-state index contributed by atoms with van der Waals surface area (Å²) < 4.78 is 11.5. The summed E-state index contributed by atoms with van der Waals surface area (Å²) >= 11 is 0. The number of carbonyl (C=O) groups excluding carboxylic acids is 1. The summed E-state index contributed by atoms with van der Waals surface area (Å²) in [5.74, 6) is -0.439. The highest BCUT2D eigenvalue weighted by Crippen LogP contribution is 2.47. The van der Waals surface area contributed by atoms with E-state index >= 15 is 0 Å². The second kappa shape index (κ2) is 5.13. The van der Waals surface area contributed by atoms with E-state index in [2.05, 4.69) is 24.0 Å². The standard InChI is InChI=1S/C16H19NO3/c1-13-3-2-4-14(11-13)15(17-12-18)5-7-16(8-6-15)19-9-10-20-16/h2-4,11H,5-10H2,1H3. The maximum atomic E-state index is 10.9. The van der Waals surface area contributed by atoms with Gasteiger partial charge in [0.25, 0.3) is 0 Å². The minimum Gasteiger partial charge on any atom is -0.348 e. The monoisotopic (exact) mass is 273 g/mol. The molecule has 1 saturated heterocycles. The van der Waals surface area contributed by atoms with Crippen LogP contribution in [0.4, 0.5) is 0 Å². The van der Waals surface area contributed by atoms with Gasteiger partial charge in [-0.2, -0.15) is 4.99 Å². The highest BCUT2D eigenvalue weighted by molar-refractivity contribution is 5.39. The van der Waals surface area contributed by atoms with Crippen LogP contribution in [0.2, 0.25) is 0 Å².